The van der Waals surface area contributed by atoms with Gasteiger partial charge in [-0.25, -0.2) is 0 Å². The standard InChI is InChI=1S/C27H28ClN3O3/c1-19-7-12-24(27(33)29-17-20-5-3-2-4-6-20)26(30-19)21-13-15-31(16-14-21)25(32)18-34-23-10-8-22(28)9-11-23/h2-12,21H,13-18H2,1H3,(H,29,33). The zero-order chi connectivity index (χ0) is 23.9. The maximum Gasteiger partial charge on any atom is 0.260 e. The van der Waals surface area contributed by atoms with Crippen molar-refractivity contribution in [3.8, 4) is 5.75 Å². The van der Waals surface area contributed by atoms with E-state index in [9.17, 15) is 9.59 Å². The molecule has 0 radical (unpaired) electrons. The normalized spacial score (nSPS) is 14.0. The zero-order valence-electron chi connectivity index (χ0n) is 19.2. The third kappa shape index (κ3) is 6.14. The molecule has 0 aliphatic carbocycles. The fourth-order valence-corrected chi connectivity index (χ4v) is 4.25. The van der Waals surface area contributed by atoms with Crippen molar-refractivity contribution in [2.45, 2.75) is 32.2 Å². The maximum atomic E-state index is 13.0. The number of aryl methyl sites for hydroxylation is 1. The first-order valence-corrected chi connectivity index (χ1v) is 11.8. The number of hydrogen-bond donors (Lipinski definition) is 1. The second-order valence-electron chi connectivity index (χ2n) is 8.45. The number of carbonyl (C=O) groups excluding carboxylic acids is 2. The summed E-state index contributed by atoms with van der Waals surface area (Å²) in [5.74, 6) is 0.564. The van der Waals surface area contributed by atoms with E-state index in [0.29, 0.717) is 36.0 Å². The molecule has 176 valence electrons. The van der Waals surface area contributed by atoms with Crippen molar-refractivity contribution in [3.63, 3.8) is 0 Å². The van der Waals surface area contributed by atoms with Crippen LogP contribution in [0.3, 0.4) is 0 Å². The molecule has 0 bridgehead atoms. The molecule has 0 atom stereocenters. The number of carbonyl (C=O) groups is 2. The van der Waals surface area contributed by atoms with Gasteiger partial charge in [0.15, 0.2) is 6.61 Å². The SMILES string of the molecule is Cc1ccc(C(=O)NCc2ccccc2)c(C2CCN(C(=O)COc3ccc(Cl)cc3)CC2)n1. The average Bonchev–Trinajstić information content (AvgIpc) is 2.87. The number of aromatic nitrogens is 1. The van der Waals surface area contributed by atoms with Crippen LogP contribution >= 0.6 is 11.6 Å². The summed E-state index contributed by atoms with van der Waals surface area (Å²) in [5.41, 5.74) is 3.35. The van der Waals surface area contributed by atoms with Gasteiger partial charge in [-0.15, -0.1) is 0 Å². The van der Waals surface area contributed by atoms with E-state index < -0.39 is 0 Å². The largest absolute Gasteiger partial charge is 0.484 e. The quantitative estimate of drug-likeness (QED) is 0.532. The lowest BCUT2D eigenvalue weighted by atomic mass is 9.89. The first-order chi connectivity index (χ1) is 16.5. The van der Waals surface area contributed by atoms with E-state index in [0.717, 1.165) is 29.8 Å². The smallest absolute Gasteiger partial charge is 0.260 e. The monoisotopic (exact) mass is 477 g/mol. The minimum atomic E-state index is -0.124. The molecule has 1 saturated heterocycles. The van der Waals surface area contributed by atoms with Crippen molar-refractivity contribution in [2.24, 2.45) is 0 Å². The van der Waals surface area contributed by atoms with Gasteiger partial charge >= 0.3 is 0 Å². The summed E-state index contributed by atoms with van der Waals surface area (Å²) in [6.45, 7) is 3.60. The van der Waals surface area contributed by atoms with Gasteiger partial charge in [0.05, 0.1) is 11.3 Å². The summed E-state index contributed by atoms with van der Waals surface area (Å²) in [7, 11) is 0. The lowest BCUT2D eigenvalue weighted by molar-refractivity contribution is -0.134. The van der Waals surface area contributed by atoms with Gasteiger partial charge in [0.25, 0.3) is 11.8 Å². The van der Waals surface area contributed by atoms with Gasteiger partial charge in [-0.1, -0.05) is 41.9 Å². The number of pyridine rings is 1. The number of nitrogens with one attached hydrogen (secondary N) is 1. The van der Waals surface area contributed by atoms with Gasteiger partial charge in [-0.05, 0) is 61.7 Å². The van der Waals surface area contributed by atoms with Crippen LogP contribution in [0, 0.1) is 6.92 Å². The van der Waals surface area contributed by atoms with Crippen LogP contribution in [-0.2, 0) is 11.3 Å². The molecule has 4 rings (SSSR count). The Bertz CT molecular complexity index is 1130. The number of halogens is 1. The molecule has 0 unspecified atom stereocenters. The lowest BCUT2D eigenvalue weighted by Gasteiger charge is -2.32. The van der Waals surface area contributed by atoms with Crippen LogP contribution < -0.4 is 10.1 Å². The summed E-state index contributed by atoms with van der Waals surface area (Å²) in [5, 5.41) is 3.63. The van der Waals surface area contributed by atoms with Gasteiger partial charge < -0.3 is 15.0 Å². The number of likely N-dealkylation sites (tertiary alicyclic amines) is 1. The van der Waals surface area contributed by atoms with Crippen molar-refractivity contribution < 1.29 is 14.3 Å². The summed E-state index contributed by atoms with van der Waals surface area (Å²) < 4.78 is 5.60. The molecule has 1 aliphatic rings. The number of piperidine rings is 1. The molecule has 1 fully saturated rings. The molecule has 0 spiro atoms. The predicted molar refractivity (Wildman–Crippen MR) is 132 cm³/mol. The van der Waals surface area contributed by atoms with E-state index in [4.69, 9.17) is 21.3 Å². The van der Waals surface area contributed by atoms with E-state index in [1.54, 1.807) is 24.3 Å². The minimum absolute atomic E-state index is 0.0118. The summed E-state index contributed by atoms with van der Waals surface area (Å²) in [6.07, 6.45) is 1.50. The number of rotatable bonds is 7. The molecule has 2 heterocycles. The Hall–Kier alpha value is -3.38. The van der Waals surface area contributed by atoms with E-state index in [1.807, 2.05) is 54.3 Å². The molecule has 0 saturated carbocycles. The number of benzene rings is 2. The van der Waals surface area contributed by atoms with Gasteiger partial charge in [0.2, 0.25) is 0 Å². The molecular formula is C27H28ClN3O3. The number of amides is 2. The molecule has 1 N–H and O–H groups in total. The lowest BCUT2D eigenvalue weighted by Crippen LogP contribution is -2.41. The molecule has 2 aromatic carbocycles. The third-order valence-electron chi connectivity index (χ3n) is 6.01. The van der Waals surface area contributed by atoms with Crippen LogP contribution in [0.25, 0.3) is 0 Å². The number of nitrogens with zero attached hydrogens (tertiary/aromatic N) is 2. The Kier molecular flexibility index (Phi) is 7.80. The van der Waals surface area contributed by atoms with Crippen LogP contribution in [0.5, 0.6) is 5.75 Å². The van der Waals surface area contributed by atoms with E-state index in [1.165, 1.54) is 0 Å². The molecule has 6 nitrogen and oxygen atoms in total. The van der Waals surface area contributed by atoms with Crippen molar-refractivity contribution >= 4 is 23.4 Å². The second kappa shape index (κ2) is 11.2. The molecule has 1 aromatic heterocycles. The minimum Gasteiger partial charge on any atom is -0.484 e. The van der Waals surface area contributed by atoms with Crippen molar-refractivity contribution in [2.75, 3.05) is 19.7 Å². The van der Waals surface area contributed by atoms with E-state index in [-0.39, 0.29) is 24.3 Å². The van der Waals surface area contributed by atoms with E-state index >= 15 is 0 Å². The predicted octanol–water partition coefficient (Wildman–Crippen LogP) is 4.76. The summed E-state index contributed by atoms with van der Waals surface area (Å²) in [6, 6.07) is 20.5. The first kappa shape index (κ1) is 23.8. The Morgan fingerprint density at radius 3 is 2.44 bits per heavy atom. The Morgan fingerprint density at radius 2 is 1.74 bits per heavy atom. The molecule has 34 heavy (non-hydrogen) atoms. The summed E-state index contributed by atoms with van der Waals surface area (Å²) >= 11 is 5.89. The average molecular weight is 478 g/mol. The Balaban J connectivity index is 1.35. The molecule has 2 amide bonds. The Labute approximate surface area is 204 Å². The highest BCUT2D eigenvalue weighted by Crippen LogP contribution is 2.29. The highest BCUT2D eigenvalue weighted by atomic mass is 35.5. The van der Waals surface area contributed by atoms with Gasteiger partial charge in [0.1, 0.15) is 5.75 Å². The Morgan fingerprint density at radius 1 is 1.03 bits per heavy atom. The number of ether oxygens (including phenoxy) is 1. The van der Waals surface area contributed by atoms with Gasteiger partial charge in [0, 0.05) is 36.3 Å². The van der Waals surface area contributed by atoms with Crippen molar-refractivity contribution in [3.05, 3.63) is 94.3 Å². The highest BCUT2D eigenvalue weighted by Gasteiger charge is 2.28. The fraction of sp³-hybridized carbons (Fsp3) is 0.296. The van der Waals surface area contributed by atoms with Crippen LogP contribution in [-0.4, -0.2) is 41.4 Å². The van der Waals surface area contributed by atoms with Gasteiger partial charge in [-0.3, -0.25) is 14.6 Å². The third-order valence-corrected chi connectivity index (χ3v) is 6.27. The van der Waals surface area contributed by atoms with Crippen LogP contribution in [0.15, 0.2) is 66.7 Å². The van der Waals surface area contributed by atoms with Crippen molar-refractivity contribution in [1.29, 1.82) is 0 Å². The molecule has 7 heteroatoms. The molecule has 1 aliphatic heterocycles. The zero-order valence-corrected chi connectivity index (χ0v) is 19.9. The van der Waals surface area contributed by atoms with Crippen molar-refractivity contribution in [1.82, 2.24) is 15.2 Å². The van der Waals surface area contributed by atoms with Crippen LogP contribution in [0.1, 0.15) is 46.1 Å². The first-order valence-electron chi connectivity index (χ1n) is 11.5. The van der Waals surface area contributed by atoms with Gasteiger partial charge in [-0.2, -0.15) is 0 Å². The van der Waals surface area contributed by atoms with E-state index in [2.05, 4.69) is 5.32 Å². The maximum absolute atomic E-state index is 13.0. The highest BCUT2D eigenvalue weighted by molar-refractivity contribution is 6.30. The molecular weight excluding hydrogens is 450 g/mol. The van der Waals surface area contributed by atoms with Crippen LogP contribution in [0.2, 0.25) is 5.02 Å². The fourth-order valence-electron chi connectivity index (χ4n) is 4.12. The van der Waals surface area contributed by atoms with Crippen LogP contribution in [0.4, 0.5) is 0 Å². The summed E-state index contributed by atoms with van der Waals surface area (Å²) in [4.78, 5) is 32.1. The topological polar surface area (TPSA) is 71.5 Å². The second-order valence-corrected chi connectivity index (χ2v) is 8.89. The number of hydrogen-bond acceptors (Lipinski definition) is 4. The molecule has 3 aromatic rings.